The van der Waals surface area contributed by atoms with E-state index < -0.39 is 0 Å². The van der Waals surface area contributed by atoms with Crippen LogP contribution in [-0.2, 0) is 0 Å². The predicted octanol–water partition coefficient (Wildman–Crippen LogP) is 1.07. The molecule has 1 fully saturated rings. The van der Waals surface area contributed by atoms with Crippen molar-refractivity contribution in [1.29, 1.82) is 0 Å². The summed E-state index contributed by atoms with van der Waals surface area (Å²) in [5, 5.41) is 2.33. The molecule has 1 aliphatic rings. The van der Waals surface area contributed by atoms with Crippen LogP contribution in [0.15, 0.2) is 0 Å². The van der Waals surface area contributed by atoms with Gasteiger partial charge in [-0.05, 0) is 5.92 Å². The highest BCUT2D eigenvalue weighted by atomic mass is 35.5. The zero-order valence-electron chi connectivity index (χ0n) is 6.76. The number of nitrogens with zero attached hydrogens (tertiary/aromatic N) is 1. The Morgan fingerprint density at radius 3 is 2.40 bits per heavy atom. The maximum Gasteiger partial charge on any atom is 0.0646 e. The number of hydrazine groups is 1. The lowest BCUT2D eigenvalue weighted by Gasteiger charge is -2.17. The number of alkyl halides is 1. The van der Waals surface area contributed by atoms with Crippen LogP contribution in [0, 0.1) is 5.92 Å². The van der Waals surface area contributed by atoms with Gasteiger partial charge in [0.15, 0.2) is 0 Å². The van der Waals surface area contributed by atoms with Crippen LogP contribution in [-0.4, -0.2) is 30.0 Å². The molecule has 1 aliphatic heterocycles. The third-order valence-corrected chi connectivity index (χ3v) is 2.34. The average molecular weight is 163 g/mol. The van der Waals surface area contributed by atoms with Gasteiger partial charge >= 0.3 is 0 Å². The third-order valence-electron chi connectivity index (χ3n) is 1.93. The molecule has 0 aromatic carbocycles. The molecule has 2 nitrogen and oxygen atoms in total. The number of rotatable bonds is 1. The standard InChI is InChI=1S/C7H15ClN2/c1-5(2)7-6(8)4-10(3)9-7/h5-7,9H,4H2,1-3H3. The van der Waals surface area contributed by atoms with E-state index in [0.717, 1.165) is 6.54 Å². The first kappa shape index (κ1) is 8.31. The van der Waals surface area contributed by atoms with Crippen LogP contribution >= 0.6 is 11.6 Å². The Balaban J connectivity index is 2.46. The van der Waals surface area contributed by atoms with Crippen molar-refractivity contribution in [3.63, 3.8) is 0 Å². The van der Waals surface area contributed by atoms with Crippen LogP contribution in [0.1, 0.15) is 13.8 Å². The van der Waals surface area contributed by atoms with Crippen molar-refractivity contribution in [1.82, 2.24) is 10.4 Å². The van der Waals surface area contributed by atoms with Crippen molar-refractivity contribution in [2.45, 2.75) is 25.3 Å². The first-order valence-corrected chi connectivity index (χ1v) is 4.16. The van der Waals surface area contributed by atoms with E-state index in [9.17, 15) is 0 Å². The van der Waals surface area contributed by atoms with Crippen molar-refractivity contribution < 1.29 is 0 Å². The van der Waals surface area contributed by atoms with E-state index in [1.807, 2.05) is 7.05 Å². The zero-order valence-corrected chi connectivity index (χ0v) is 7.52. The molecule has 10 heavy (non-hydrogen) atoms. The summed E-state index contributed by atoms with van der Waals surface area (Å²) in [5.41, 5.74) is 3.30. The molecule has 0 aromatic rings. The SMILES string of the molecule is CC(C)C1NN(C)CC1Cl. The second kappa shape index (κ2) is 3.07. The summed E-state index contributed by atoms with van der Waals surface area (Å²) in [6.07, 6.45) is 0. The smallest absolute Gasteiger partial charge is 0.0646 e. The monoisotopic (exact) mass is 162 g/mol. The molecular weight excluding hydrogens is 148 g/mol. The summed E-state index contributed by atoms with van der Waals surface area (Å²) in [4.78, 5) is 0. The van der Waals surface area contributed by atoms with Crippen LogP contribution in [0.5, 0.6) is 0 Å². The third kappa shape index (κ3) is 1.62. The molecule has 2 unspecified atom stereocenters. The van der Waals surface area contributed by atoms with Gasteiger partial charge in [-0.15, -0.1) is 11.6 Å². The van der Waals surface area contributed by atoms with E-state index in [1.165, 1.54) is 0 Å². The lowest BCUT2D eigenvalue weighted by Crippen LogP contribution is -2.37. The summed E-state index contributed by atoms with van der Waals surface area (Å²) in [7, 11) is 2.03. The first-order chi connectivity index (χ1) is 4.61. The molecule has 0 aromatic heterocycles. The molecule has 0 spiro atoms. The number of nitrogens with one attached hydrogen (secondary N) is 1. The highest BCUT2D eigenvalue weighted by Crippen LogP contribution is 2.17. The van der Waals surface area contributed by atoms with Crippen molar-refractivity contribution in [2.24, 2.45) is 5.92 Å². The Morgan fingerprint density at radius 2 is 2.20 bits per heavy atom. The summed E-state index contributed by atoms with van der Waals surface area (Å²) in [5.74, 6) is 0.618. The molecule has 0 aliphatic carbocycles. The fourth-order valence-electron chi connectivity index (χ4n) is 1.33. The van der Waals surface area contributed by atoms with E-state index in [-0.39, 0.29) is 5.38 Å². The Labute approximate surface area is 67.5 Å². The lowest BCUT2D eigenvalue weighted by atomic mass is 10.0. The molecule has 0 radical (unpaired) electrons. The fourth-order valence-corrected chi connectivity index (χ4v) is 1.88. The molecule has 1 heterocycles. The molecule has 0 saturated carbocycles. The van der Waals surface area contributed by atoms with Crippen LogP contribution in [0.2, 0.25) is 0 Å². The second-order valence-corrected chi connectivity index (χ2v) is 3.86. The maximum atomic E-state index is 6.06. The van der Waals surface area contributed by atoms with Crippen LogP contribution in [0.4, 0.5) is 0 Å². The van der Waals surface area contributed by atoms with Gasteiger partial charge in [0.25, 0.3) is 0 Å². The number of hydrogen-bond donors (Lipinski definition) is 1. The van der Waals surface area contributed by atoms with Crippen LogP contribution < -0.4 is 5.43 Å². The Morgan fingerprint density at radius 1 is 1.60 bits per heavy atom. The molecular formula is C7H15ClN2. The van der Waals surface area contributed by atoms with Gasteiger partial charge in [-0.25, -0.2) is 5.01 Å². The van der Waals surface area contributed by atoms with Gasteiger partial charge in [0.05, 0.1) is 5.38 Å². The second-order valence-electron chi connectivity index (χ2n) is 3.30. The maximum absolute atomic E-state index is 6.06. The van der Waals surface area contributed by atoms with Gasteiger partial charge in [0, 0.05) is 19.6 Å². The van der Waals surface area contributed by atoms with Crippen molar-refractivity contribution in [2.75, 3.05) is 13.6 Å². The number of hydrogen-bond acceptors (Lipinski definition) is 2. The molecule has 1 rings (SSSR count). The van der Waals surface area contributed by atoms with Crippen molar-refractivity contribution in [3.8, 4) is 0 Å². The zero-order chi connectivity index (χ0) is 7.72. The van der Waals surface area contributed by atoms with Gasteiger partial charge in [-0.1, -0.05) is 13.8 Å². The van der Waals surface area contributed by atoms with E-state index in [2.05, 4.69) is 24.3 Å². The molecule has 3 heteroatoms. The topological polar surface area (TPSA) is 15.3 Å². The molecule has 0 amide bonds. The van der Waals surface area contributed by atoms with Gasteiger partial charge in [-0.3, -0.25) is 5.43 Å². The summed E-state index contributed by atoms with van der Waals surface area (Å²) in [6, 6.07) is 0.451. The van der Waals surface area contributed by atoms with E-state index in [0.29, 0.717) is 12.0 Å². The minimum atomic E-state index is 0.269. The fraction of sp³-hybridized carbons (Fsp3) is 1.00. The van der Waals surface area contributed by atoms with Crippen molar-refractivity contribution >= 4 is 11.6 Å². The predicted molar refractivity (Wildman–Crippen MR) is 44.0 cm³/mol. The lowest BCUT2D eigenvalue weighted by molar-refractivity contribution is 0.268. The molecule has 0 bridgehead atoms. The van der Waals surface area contributed by atoms with E-state index >= 15 is 0 Å². The quantitative estimate of drug-likeness (QED) is 0.581. The Bertz CT molecular complexity index is 116. The molecule has 2 atom stereocenters. The largest absolute Gasteiger partial charge is 0.251 e. The number of halogens is 1. The molecule has 1 N–H and O–H groups in total. The van der Waals surface area contributed by atoms with E-state index in [1.54, 1.807) is 0 Å². The highest BCUT2D eigenvalue weighted by Gasteiger charge is 2.30. The average Bonchev–Trinajstić information content (AvgIpc) is 2.10. The molecule has 60 valence electrons. The summed E-state index contributed by atoms with van der Waals surface area (Å²) in [6.45, 7) is 5.32. The van der Waals surface area contributed by atoms with Gasteiger partial charge < -0.3 is 0 Å². The Hall–Kier alpha value is 0.210. The van der Waals surface area contributed by atoms with Crippen molar-refractivity contribution in [3.05, 3.63) is 0 Å². The van der Waals surface area contributed by atoms with Crippen LogP contribution in [0.25, 0.3) is 0 Å². The van der Waals surface area contributed by atoms with Gasteiger partial charge in [-0.2, -0.15) is 0 Å². The first-order valence-electron chi connectivity index (χ1n) is 3.72. The summed E-state index contributed by atoms with van der Waals surface area (Å²) < 4.78 is 0. The van der Waals surface area contributed by atoms with Gasteiger partial charge in [0.1, 0.15) is 0 Å². The van der Waals surface area contributed by atoms with Gasteiger partial charge in [0.2, 0.25) is 0 Å². The highest BCUT2D eigenvalue weighted by molar-refractivity contribution is 6.21. The minimum Gasteiger partial charge on any atom is -0.251 e. The van der Waals surface area contributed by atoms with E-state index in [4.69, 9.17) is 11.6 Å². The molecule has 1 saturated heterocycles. The summed E-state index contributed by atoms with van der Waals surface area (Å²) >= 11 is 6.06. The minimum absolute atomic E-state index is 0.269. The van der Waals surface area contributed by atoms with Crippen LogP contribution in [0.3, 0.4) is 0 Å². The Kier molecular flexibility index (Phi) is 2.55. The normalized spacial score (nSPS) is 35.7.